The van der Waals surface area contributed by atoms with Crippen molar-refractivity contribution in [2.75, 3.05) is 18.6 Å². The molecule has 0 spiro atoms. The van der Waals surface area contributed by atoms with E-state index < -0.39 is 12.0 Å². The molecular formula is C20H20N4O4. The molecule has 0 aliphatic rings. The van der Waals surface area contributed by atoms with Crippen LogP contribution in [-0.4, -0.2) is 40.6 Å². The molecule has 0 fully saturated rings. The molecular weight excluding hydrogens is 360 g/mol. The first-order valence-corrected chi connectivity index (χ1v) is 8.73. The van der Waals surface area contributed by atoms with E-state index in [0.717, 1.165) is 5.56 Å². The van der Waals surface area contributed by atoms with Crippen molar-refractivity contribution < 1.29 is 19.1 Å². The van der Waals surface area contributed by atoms with Gasteiger partial charge in [0.1, 0.15) is 12.2 Å². The quantitative estimate of drug-likeness (QED) is 0.520. The van der Waals surface area contributed by atoms with Crippen molar-refractivity contribution in [1.82, 2.24) is 15.0 Å². The van der Waals surface area contributed by atoms with Crippen molar-refractivity contribution in [1.29, 1.82) is 0 Å². The molecule has 2 amide bonds. The molecule has 2 heterocycles. The van der Waals surface area contributed by atoms with Gasteiger partial charge in [-0.1, -0.05) is 30.3 Å². The van der Waals surface area contributed by atoms with Crippen LogP contribution in [0.5, 0.6) is 0 Å². The van der Waals surface area contributed by atoms with Crippen LogP contribution in [0.4, 0.5) is 4.79 Å². The standard InChI is InChI=1S/C20H20N4O4/c25-18(14-22-20(27)28-13-10-15-6-2-1-3-7-15)23-24-12-5-9-17(24)19(26)16-8-4-11-21-16/h1-9,11-12,21H,10,13-14H2,(H,22,27)(H,23,25). The lowest BCUT2D eigenvalue weighted by Crippen LogP contribution is -2.37. The summed E-state index contributed by atoms with van der Waals surface area (Å²) in [5.74, 6) is -0.750. The Balaban J connectivity index is 1.43. The molecule has 2 aromatic heterocycles. The van der Waals surface area contributed by atoms with Gasteiger partial charge < -0.3 is 15.0 Å². The van der Waals surface area contributed by atoms with Crippen molar-refractivity contribution in [3.05, 3.63) is 83.9 Å². The number of aromatic amines is 1. The maximum Gasteiger partial charge on any atom is 0.407 e. The number of ether oxygens (including phenoxy) is 1. The molecule has 3 aromatic rings. The molecule has 144 valence electrons. The molecule has 0 saturated carbocycles. The van der Waals surface area contributed by atoms with Crippen molar-refractivity contribution >= 4 is 17.8 Å². The number of nitrogens with one attached hydrogen (secondary N) is 3. The molecule has 0 aliphatic heterocycles. The van der Waals surface area contributed by atoms with E-state index in [1.807, 2.05) is 30.3 Å². The fourth-order valence-corrected chi connectivity index (χ4v) is 2.56. The number of rotatable bonds is 8. The SMILES string of the molecule is O=C(CNC(=O)OCCc1ccccc1)Nn1cccc1C(=O)c1ccc[nH]1. The van der Waals surface area contributed by atoms with E-state index in [1.54, 1.807) is 36.7 Å². The highest BCUT2D eigenvalue weighted by molar-refractivity contribution is 6.07. The first-order valence-electron chi connectivity index (χ1n) is 8.73. The lowest BCUT2D eigenvalue weighted by Gasteiger charge is -2.11. The minimum Gasteiger partial charge on any atom is -0.449 e. The number of carbonyl (C=O) groups is 3. The van der Waals surface area contributed by atoms with Gasteiger partial charge in [-0.3, -0.25) is 19.7 Å². The summed E-state index contributed by atoms with van der Waals surface area (Å²) in [6.45, 7) is -0.0671. The number of aromatic nitrogens is 2. The van der Waals surface area contributed by atoms with Crippen LogP contribution >= 0.6 is 0 Å². The van der Waals surface area contributed by atoms with Gasteiger partial charge >= 0.3 is 6.09 Å². The number of amides is 2. The van der Waals surface area contributed by atoms with Gasteiger partial charge in [0, 0.05) is 18.8 Å². The topological polar surface area (TPSA) is 105 Å². The Morgan fingerprint density at radius 1 is 1.00 bits per heavy atom. The zero-order chi connectivity index (χ0) is 19.8. The summed E-state index contributed by atoms with van der Waals surface area (Å²) < 4.78 is 6.36. The average Bonchev–Trinajstić information content (AvgIpc) is 3.39. The van der Waals surface area contributed by atoms with Gasteiger partial charge in [-0.05, 0) is 29.8 Å². The minimum atomic E-state index is -0.679. The Hall–Kier alpha value is -3.81. The number of benzene rings is 1. The van der Waals surface area contributed by atoms with Gasteiger partial charge in [0.25, 0.3) is 5.91 Å². The van der Waals surface area contributed by atoms with E-state index in [2.05, 4.69) is 15.7 Å². The molecule has 0 saturated heterocycles. The summed E-state index contributed by atoms with van der Waals surface area (Å²) in [4.78, 5) is 38.9. The largest absolute Gasteiger partial charge is 0.449 e. The van der Waals surface area contributed by atoms with Gasteiger partial charge in [0.15, 0.2) is 0 Å². The van der Waals surface area contributed by atoms with Gasteiger partial charge in [0.2, 0.25) is 5.78 Å². The minimum absolute atomic E-state index is 0.212. The predicted octanol–water partition coefficient (Wildman–Crippen LogP) is 2.09. The monoisotopic (exact) mass is 380 g/mol. The third-order valence-electron chi connectivity index (χ3n) is 3.93. The summed E-state index contributed by atoms with van der Waals surface area (Å²) in [7, 11) is 0. The van der Waals surface area contributed by atoms with E-state index in [9.17, 15) is 14.4 Å². The number of H-pyrrole nitrogens is 1. The first kappa shape index (κ1) is 19.0. The van der Waals surface area contributed by atoms with Crippen molar-refractivity contribution in [3.8, 4) is 0 Å². The van der Waals surface area contributed by atoms with E-state index >= 15 is 0 Å². The fourth-order valence-electron chi connectivity index (χ4n) is 2.56. The molecule has 1 aromatic carbocycles. The number of alkyl carbamates (subject to hydrolysis) is 1. The van der Waals surface area contributed by atoms with Crippen LogP contribution in [0.3, 0.4) is 0 Å². The summed E-state index contributed by atoms with van der Waals surface area (Å²) >= 11 is 0. The first-order chi connectivity index (χ1) is 13.6. The summed E-state index contributed by atoms with van der Waals surface area (Å²) in [5.41, 5.74) is 4.30. The zero-order valence-electron chi connectivity index (χ0n) is 15.1. The van der Waals surface area contributed by atoms with Gasteiger partial charge in [0.05, 0.1) is 12.3 Å². The molecule has 0 aliphatic carbocycles. The summed E-state index contributed by atoms with van der Waals surface area (Å²) in [5, 5.41) is 2.38. The zero-order valence-corrected chi connectivity index (χ0v) is 15.1. The van der Waals surface area contributed by atoms with Crippen LogP contribution in [-0.2, 0) is 16.0 Å². The Morgan fingerprint density at radius 2 is 1.82 bits per heavy atom. The second-order valence-electron chi connectivity index (χ2n) is 5.94. The van der Waals surface area contributed by atoms with Crippen LogP contribution < -0.4 is 10.7 Å². The molecule has 0 radical (unpaired) electrons. The lowest BCUT2D eigenvalue weighted by molar-refractivity contribution is -0.116. The van der Waals surface area contributed by atoms with Gasteiger partial charge in [-0.2, -0.15) is 0 Å². The van der Waals surface area contributed by atoms with Crippen LogP contribution in [0.25, 0.3) is 0 Å². The molecule has 28 heavy (non-hydrogen) atoms. The Bertz CT molecular complexity index is 932. The van der Waals surface area contributed by atoms with E-state index in [-0.39, 0.29) is 18.9 Å². The molecule has 3 rings (SSSR count). The Morgan fingerprint density at radius 3 is 2.57 bits per heavy atom. The van der Waals surface area contributed by atoms with E-state index in [0.29, 0.717) is 17.8 Å². The third-order valence-corrected chi connectivity index (χ3v) is 3.93. The average molecular weight is 380 g/mol. The van der Waals surface area contributed by atoms with E-state index in [4.69, 9.17) is 4.74 Å². The maximum atomic E-state index is 12.4. The highest BCUT2D eigenvalue weighted by Gasteiger charge is 2.15. The molecule has 0 bridgehead atoms. The lowest BCUT2D eigenvalue weighted by atomic mass is 10.2. The second kappa shape index (κ2) is 9.22. The van der Waals surface area contributed by atoms with Crippen molar-refractivity contribution in [2.45, 2.75) is 6.42 Å². The molecule has 8 heteroatoms. The number of hydrogen-bond donors (Lipinski definition) is 3. The number of nitrogens with zero attached hydrogens (tertiary/aromatic N) is 1. The molecule has 0 atom stereocenters. The molecule has 3 N–H and O–H groups in total. The molecule has 8 nitrogen and oxygen atoms in total. The van der Waals surface area contributed by atoms with Crippen molar-refractivity contribution in [2.24, 2.45) is 0 Å². The smallest absolute Gasteiger partial charge is 0.407 e. The normalized spacial score (nSPS) is 10.3. The summed E-state index contributed by atoms with van der Waals surface area (Å²) in [6.07, 6.45) is 3.11. The van der Waals surface area contributed by atoms with Crippen LogP contribution in [0.15, 0.2) is 67.0 Å². The number of hydrogen-bond acceptors (Lipinski definition) is 4. The van der Waals surface area contributed by atoms with Gasteiger partial charge in [-0.25, -0.2) is 4.79 Å². The number of carbonyl (C=O) groups excluding carboxylic acids is 3. The van der Waals surface area contributed by atoms with Gasteiger partial charge in [-0.15, -0.1) is 0 Å². The summed E-state index contributed by atoms with van der Waals surface area (Å²) in [6, 6.07) is 16.2. The van der Waals surface area contributed by atoms with Crippen LogP contribution in [0.1, 0.15) is 21.7 Å². The van der Waals surface area contributed by atoms with Crippen molar-refractivity contribution in [3.63, 3.8) is 0 Å². The fraction of sp³-hybridized carbons (Fsp3) is 0.150. The highest BCUT2D eigenvalue weighted by atomic mass is 16.5. The molecule has 0 unspecified atom stereocenters. The Labute approximate surface area is 161 Å². The Kier molecular flexibility index (Phi) is 6.25. The van der Waals surface area contributed by atoms with Crippen LogP contribution in [0, 0.1) is 0 Å². The highest BCUT2D eigenvalue weighted by Crippen LogP contribution is 2.08. The predicted molar refractivity (Wildman–Crippen MR) is 103 cm³/mol. The third kappa shape index (κ3) is 5.10. The second-order valence-corrected chi connectivity index (χ2v) is 5.94. The van der Waals surface area contributed by atoms with E-state index in [1.165, 1.54) is 4.68 Å². The maximum absolute atomic E-state index is 12.4. The number of ketones is 1. The van der Waals surface area contributed by atoms with Crippen LogP contribution in [0.2, 0.25) is 0 Å².